The number of hydrogen-bond acceptors (Lipinski definition) is 2. The highest BCUT2D eigenvalue weighted by Gasteiger charge is 2.49. The maximum Gasteiger partial charge on any atom is 0.243 e. The van der Waals surface area contributed by atoms with Crippen molar-refractivity contribution in [3.8, 4) is 0 Å². The fraction of sp³-hybridized carbons (Fsp3) is 0.769. The quantitative estimate of drug-likeness (QED) is 0.728. The van der Waals surface area contributed by atoms with Gasteiger partial charge >= 0.3 is 0 Å². The summed E-state index contributed by atoms with van der Waals surface area (Å²) in [6.45, 7) is 12.8. The van der Waals surface area contributed by atoms with Gasteiger partial charge in [-0.1, -0.05) is 34.3 Å². The molecule has 1 rings (SSSR count). The minimum Gasteiger partial charge on any atom is -0.377 e. The number of carbonyl (C=O) groups is 1. The van der Waals surface area contributed by atoms with Gasteiger partial charge in [-0.3, -0.25) is 4.79 Å². The molecule has 16 heavy (non-hydrogen) atoms. The Morgan fingerprint density at radius 2 is 2.25 bits per heavy atom. The molecule has 0 aliphatic heterocycles. The van der Waals surface area contributed by atoms with Gasteiger partial charge in [-0.2, -0.15) is 0 Å². The van der Waals surface area contributed by atoms with Crippen LogP contribution in [0.5, 0.6) is 0 Å². The molecule has 1 N–H and O–H groups in total. The van der Waals surface area contributed by atoms with Crippen molar-refractivity contribution in [2.75, 3.05) is 6.61 Å². The molecule has 0 radical (unpaired) electrons. The second kappa shape index (κ2) is 5.00. The molecule has 1 amide bonds. The molecule has 0 bridgehead atoms. The molecular weight excluding hydrogens is 202 g/mol. The first-order valence-corrected chi connectivity index (χ1v) is 5.92. The molecule has 92 valence electrons. The van der Waals surface area contributed by atoms with Crippen LogP contribution < -0.4 is 5.32 Å². The molecule has 1 saturated carbocycles. The van der Waals surface area contributed by atoms with E-state index in [-0.39, 0.29) is 23.5 Å². The number of carbonyl (C=O) groups excluding carboxylic acids is 1. The predicted molar refractivity (Wildman–Crippen MR) is 65.1 cm³/mol. The van der Waals surface area contributed by atoms with Crippen LogP contribution in [0.3, 0.4) is 0 Å². The SMILES string of the molecule is C=CC(=O)NC1CC(OCC(C)C)C1(C)C. The van der Waals surface area contributed by atoms with Gasteiger partial charge in [0.25, 0.3) is 0 Å². The number of ether oxygens (including phenoxy) is 1. The molecule has 0 aromatic rings. The Labute approximate surface area is 98.2 Å². The Morgan fingerprint density at radius 1 is 1.62 bits per heavy atom. The van der Waals surface area contributed by atoms with Crippen LogP contribution in [-0.2, 0) is 9.53 Å². The minimum absolute atomic E-state index is 0.0214. The third kappa shape index (κ3) is 2.85. The minimum atomic E-state index is -0.0969. The topological polar surface area (TPSA) is 38.3 Å². The van der Waals surface area contributed by atoms with E-state index in [0.29, 0.717) is 5.92 Å². The van der Waals surface area contributed by atoms with Gasteiger partial charge in [-0.25, -0.2) is 0 Å². The van der Waals surface area contributed by atoms with E-state index in [1.807, 2.05) is 0 Å². The molecule has 0 aromatic carbocycles. The lowest BCUT2D eigenvalue weighted by molar-refractivity contribution is -0.137. The van der Waals surface area contributed by atoms with Crippen LogP contribution >= 0.6 is 0 Å². The van der Waals surface area contributed by atoms with Crippen molar-refractivity contribution in [2.24, 2.45) is 11.3 Å². The number of nitrogens with one attached hydrogen (secondary N) is 1. The van der Waals surface area contributed by atoms with Gasteiger partial charge in [0.15, 0.2) is 0 Å². The third-order valence-electron chi connectivity index (χ3n) is 3.31. The van der Waals surface area contributed by atoms with E-state index in [0.717, 1.165) is 13.0 Å². The molecule has 0 spiro atoms. The molecule has 3 heteroatoms. The van der Waals surface area contributed by atoms with E-state index >= 15 is 0 Å². The summed E-state index contributed by atoms with van der Waals surface area (Å²) >= 11 is 0. The summed E-state index contributed by atoms with van der Waals surface area (Å²) in [5, 5.41) is 2.94. The number of hydrogen-bond donors (Lipinski definition) is 1. The maximum absolute atomic E-state index is 11.2. The lowest BCUT2D eigenvalue weighted by Crippen LogP contribution is -2.62. The molecule has 0 aromatic heterocycles. The monoisotopic (exact) mass is 225 g/mol. The first-order chi connectivity index (χ1) is 7.37. The average molecular weight is 225 g/mol. The van der Waals surface area contributed by atoms with Gasteiger partial charge in [0.2, 0.25) is 5.91 Å². The summed E-state index contributed by atoms with van der Waals surface area (Å²) < 4.78 is 5.82. The normalized spacial score (nSPS) is 27.3. The maximum atomic E-state index is 11.2. The van der Waals surface area contributed by atoms with Crippen LogP contribution in [0.25, 0.3) is 0 Å². The Morgan fingerprint density at radius 3 is 2.69 bits per heavy atom. The van der Waals surface area contributed by atoms with Crippen molar-refractivity contribution in [1.82, 2.24) is 5.32 Å². The predicted octanol–water partition coefficient (Wildman–Crippen LogP) is 2.13. The van der Waals surface area contributed by atoms with E-state index in [1.165, 1.54) is 6.08 Å². The van der Waals surface area contributed by atoms with E-state index in [1.54, 1.807) is 0 Å². The van der Waals surface area contributed by atoms with Gasteiger partial charge in [0.1, 0.15) is 0 Å². The molecule has 1 aliphatic carbocycles. The first kappa shape index (κ1) is 13.2. The standard InChI is InChI=1S/C13H23NO2/c1-6-12(15)14-10-7-11(13(10,4)5)16-8-9(2)3/h6,9-11H,1,7-8H2,2-5H3,(H,14,15). The number of amides is 1. The highest BCUT2D eigenvalue weighted by atomic mass is 16.5. The lowest BCUT2D eigenvalue weighted by atomic mass is 9.64. The summed E-state index contributed by atoms with van der Waals surface area (Å²) in [7, 11) is 0. The van der Waals surface area contributed by atoms with E-state index in [9.17, 15) is 4.79 Å². The van der Waals surface area contributed by atoms with E-state index in [2.05, 4.69) is 39.6 Å². The summed E-state index contributed by atoms with van der Waals surface area (Å²) in [6.07, 6.45) is 2.47. The summed E-state index contributed by atoms with van der Waals surface area (Å²) in [6, 6.07) is 0.204. The molecule has 3 nitrogen and oxygen atoms in total. The van der Waals surface area contributed by atoms with E-state index in [4.69, 9.17) is 4.74 Å². The fourth-order valence-electron chi connectivity index (χ4n) is 1.95. The van der Waals surface area contributed by atoms with Gasteiger partial charge < -0.3 is 10.1 Å². The fourth-order valence-corrected chi connectivity index (χ4v) is 1.95. The van der Waals surface area contributed by atoms with Crippen LogP contribution in [0, 0.1) is 11.3 Å². The average Bonchev–Trinajstić information content (AvgIpc) is 2.21. The zero-order chi connectivity index (χ0) is 12.3. The summed E-state index contributed by atoms with van der Waals surface area (Å²) in [5.41, 5.74) is 0.0214. The highest BCUT2D eigenvalue weighted by Crippen LogP contribution is 2.42. The van der Waals surface area contributed by atoms with Crippen LogP contribution in [-0.4, -0.2) is 24.7 Å². The molecule has 2 unspecified atom stereocenters. The Balaban J connectivity index is 2.40. The van der Waals surface area contributed by atoms with Crippen molar-refractivity contribution in [3.05, 3.63) is 12.7 Å². The highest BCUT2D eigenvalue weighted by molar-refractivity contribution is 5.87. The first-order valence-electron chi connectivity index (χ1n) is 5.92. The van der Waals surface area contributed by atoms with Crippen LogP contribution in [0.2, 0.25) is 0 Å². The number of rotatable bonds is 5. The molecular formula is C13H23NO2. The van der Waals surface area contributed by atoms with Crippen molar-refractivity contribution < 1.29 is 9.53 Å². The van der Waals surface area contributed by atoms with Gasteiger partial charge in [0.05, 0.1) is 6.10 Å². The Kier molecular flexibility index (Phi) is 4.14. The van der Waals surface area contributed by atoms with Gasteiger partial charge in [-0.15, -0.1) is 0 Å². The largest absolute Gasteiger partial charge is 0.377 e. The molecule has 2 atom stereocenters. The second-order valence-corrected chi connectivity index (χ2v) is 5.54. The Bertz CT molecular complexity index is 271. The lowest BCUT2D eigenvalue weighted by Gasteiger charge is -2.51. The van der Waals surface area contributed by atoms with Crippen molar-refractivity contribution >= 4 is 5.91 Å². The van der Waals surface area contributed by atoms with Crippen molar-refractivity contribution in [3.63, 3.8) is 0 Å². The molecule has 1 fully saturated rings. The van der Waals surface area contributed by atoms with Crippen LogP contribution in [0.4, 0.5) is 0 Å². The summed E-state index contributed by atoms with van der Waals surface area (Å²) in [5.74, 6) is 0.456. The zero-order valence-electron chi connectivity index (χ0n) is 10.7. The van der Waals surface area contributed by atoms with Gasteiger partial charge in [-0.05, 0) is 18.4 Å². The smallest absolute Gasteiger partial charge is 0.243 e. The third-order valence-corrected chi connectivity index (χ3v) is 3.31. The Hall–Kier alpha value is -0.830. The zero-order valence-corrected chi connectivity index (χ0v) is 10.7. The van der Waals surface area contributed by atoms with Crippen LogP contribution in [0.15, 0.2) is 12.7 Å². The summed E-state index contributed by atoms with van der Waals surface area (Å²) in [4.78, 5) is 11.2. The molecule has 0 saturated heterocycles. The van der Waals surface area contributed by atoms with Crippen molar-refractivity contribution in [2.45, 2.75) is 46.3 Å². The molecule has 0 heterocycles. The van der Waals surface area contributed by atoms with Crippen molar-refractivity contribution in [1.29, 1.82) is 0 Å². The van der Waals surface area contributed by atoms with Crippen LogP contribution in [0.1, 0.15) is 34.1 Å². The van der Waals surface area contributed by atoms with E-state index < -0.39 is 0 Å². The molecule has 1 aliphatic rings. The van der Waals surface area contributed by atoms with Gasteiger partial charge in [0, 0.05) is 18.1 Å². The second-order valence-electron chi connectivity index (χ2n) is 5.54.